The third kappa shape index (κ3) is 6.71. The lowest BCUT2D eigenvalue weighted by Gasteiger charge is -2.22. The van der Waals surface area contributed by atoms with Gasteiger partial charge in [-0.25, -0.2) is 13.1 Å². The molecule has 1 aliphatic carbocycles. The lowest BCUT2D eigenvalue weighted by Crippen LogP contribution is -2.32. The minimum atomic E-state index is -3.66. The van der Waals surface area contributed by atoms with Crippen LogP contribution >= 0.6 is 0 Å². The van der Waals surface area contributed by atoms with Crippen LogP contribution in [0.4, 0.5) is 0 Å². The van der Waals surface area contributed by atoms with E-state index in [0.717, 1.165) is 5.56 Å². The molecular formula is C25H34N2O5S. The van der Waals surface area contributed by atoms with Crippen molar-refractivity contribution >= 4 is 15.9 Å². The maximum Gasteiger partial charge on any atom is 0.240 e. The van der Waals surface area contributed by atoms with Crippen LogP contribution in [-0.2, 0) is 21.4 Å². The summed E-state index contributed by atoms with van der Waals surface area (Å²) in [6.45, 7) is 0.427. The van der Waals surface area contributed by atoms with E-state index in [1.807, 2.05) is 24.3 Å². The maximum absolute atomic E-state index is 12.6. The first-order valence-electron chi connectivity index (χ1n) is 11.4. The molecule has 3 rings (SSSR count). The number of methoxy groups -OCH3 is 2. The van der Waals surface area contributed by atoms with Gasteiger partial charge in [0.25, 0.3) is 0 Å². The summed E-state index contributed by atoms with van der Waals surface area (Å²) in [5.41, 5.74) is 2.10. The SMILES string of the molecule is COc1ccc(CN(C)C(=O)CCNS(=O)(=O)c2ccc(C3CCCCC3)cc2)cc1OC. The summed E-state index contributed by atoms with van der Waals surface area (Å²) in [6, 6.07) is 12.7. The minimum absolute atomic E-state index is 0.0435. The van der Waals surface area contributed by atoms with E-state index >= 15 is 0 Å². The van der Waals surface area contributed by atoms with Crippen molar-refractivity contribution in [3.05, 3.63) is 53.6 Å². The number of ether oxygens (including phenoxy) is 2. The van der Waals surface area contributed by atoms with Crippen LogP contribution in [0.25, 0.3) is 0 Å². The normalized spacial score (nSPS) is 14.6. The maximum atomic E-state index is 12.6. The third-order valence-electron chi connectivity index (χ3n) is 6.19. The zero-order chi connectivity index (χ0) is 23.8. The lowest BCUT2D eigenvalue weighted by atomic mass is 9.84. The van der Waals surface area contributed by atoms with Gasteiger partial charge < -0.3 is 14.4 Å². The molecule has 7 nitrogen and oxygen atoms in total. The molecule has 1 saturated carbocycles. The Morgan fingerprint density at radius 1 is 1.00 bits per heavy atom. The topological polar surface area (TPSA) is 84.9 Å². The molecule has 0 radical (unpaired) electrons. The van der Waals surface area contributed by atoms with Crippen LogP contribution in [0.15, 0.2) is 47.4 Å². The van der Waals surface area contributed by atoms with Gasteiger partial charge in [-0.3, -0.25) is 4.79 Å². The first-order valence-corrected chi connectivity index (χ1v) is 12.9. The number of rotatable bonds is 10. The highest BCUT2D eigenvalue weighted by atomic mass is 32.2. The third-order valence-corrected chi connectivity index (χ3v) is 7.67. The molecule has 1 fully saturated rings. The van der Waals surface area contributed by atoms with Gasteiger partial charge in [0.2, 0.25) is 15.9 Å². The zero-order valence-electron chi connectivity index (χ0n) is 19.7. The molecule has 0 heterocycles. The van der Waals surface area contributed by atoms with Gasteiger partial charge >= 0.3 is 0 Å². The minimum Gasteiger partial charge on any atom is -0.493 e. The largest absolute Gasteiger partial charge is 0.493 e. The summed E-state index contributed by atoms with van der Waals surface area (Å²) < 4.78 is 38.3. The van der Waals surface area contributed by atoms with Crippen LogP contribution in [0.5, 0.6) is 11.5 Å². The van der Waals surface area contributed by atoms with E-state index in [1.54, 1.807) is 44.4 Å². The van der Waals surface area contributed by atoms with Gasteiger partial charge in [0.05, 0.1) is 19.1 Å². The van der Waals surface area contributed by atoms with Gasteiger partial charge in [0, 0.05) is 26.6 Å². The van der Waals surface area contributed by atoms with Gasteiger partial charge in [-0.2, -0.15) is 0 Å². The Morgan fingerprint density at radius 3 is 2.30 bits per heavy atom. The van der Waals surface area contributed by atoms with Crippen LogP contribution in [0.3, 0.4) is 0 Å². The molecule has 0 bridgehead atoms. The standard InChI is InChI=1S/C25H34N2O5S/c1-27(18-19-9-14-23(31-2)24(17-19)32-3)25(28)15-16-26-33(29,30)22-12-10-21(11-13-22)20-7-5-4-6-8-20/h9-14,17,20,26H,4-8,15-16,18H2,1-3H3. The Balaban J connectivity index is 1.50. The molecule has 0 saturated heterocycles. The Hall–Kier alpha value is -2.58. The van der Waals surface area contributed by atoms with Gasteiger partial charge in [-0.15, -0.1) is 0 Å². The monoisotopic (exact) mass is 474 g/mol. The molecule has 1 N–H and O–H groups in total. The predicted octanol–water partition coefficient (Wildman–Crippen LogP) is 4.08. The summed E-state index contributed by atoms with van der Waals surface area (Å²) in [4.78, 5) is 14.3. The number of nitrogens with zero attached hydrogens (tertiary/aromatic N) is 1. The van der Waals surface area contributed by atoms with Crippen LogP contribution < -0.4 is 14.2 Å². The number of benzene rings is 2. The second-order valence-electron chi connectivity index (χ2n) is 8.49. The summed E-state index contributed by atoms with van der Waals surface area (Å²) in [7, 11) is 1.17. The van der Waals surface area contributed by atoms with E-state index in [9.17, 15) is 13.2 Å². The Bertz CT molecular complexity index is 1030. The molecule has 2 aromatic rings. The predicted molar refractivity (Wildman–Crippen MR) is 128 cm³/mol. The first kappa shape index (κ1) is 25.1. The molecule has 1 aliphatic rings. The molecule has 0 aromatic heterocycles. The molecule has 8 heteroatoms. The molecule has 0 unspecified atom stereocenters. The van der Waals surface area contributed by atoms with E-state index in [-0.39, 0.29) is 23.8 Å². The van der Waals surface area contributed by atoms with Crippen LogP contribution in [0.2, 0.25) is 0 Å². The first-order chi connectivity index (χ1) is 15.8. The molecular weight excluding hydrogens is 440 g/mol. The lowest BCUT2D eigenvalue weighted by molar-refractivity contribution is -0.130. The summed E-state index contributed by atoms with van der Waals surface area (Å²) >= 11 is 0. The molecule has 0 spiro atoms. The molecule has 0 aliphatic heterocycles. The van der Waals surface area contributed by atoms with E-state index < -0.39 is 10.0 Å². The van der Waals surface area contributed by atoms with Crippen molar-refractivity contribution in [1.29, 1.82) is 0 Å². The smallest absolute Gasteiger partial charge is 0.240 e. The fraction of sp³-hybridized carbons (Fsp3) is 0.480. The van der Waals surface area contributed by atoms with Crippen molar-refractivity contribution in [3.63, 3.8) is 0 Å². The van der Waals surface area contributed by atoms with Gasteiger partial charge in [-0.1, -0.05) is 37.5 Å². The summed E-state index contributed by atoms with van der Waals surface area (Å²) in [6.07, 6.45) is 6.17. The van der Waals surface area contributed by atoms with Gasteiger partial charge in [0.15, 0.2) is 11.5 Å². The number of carbonyl (C=O) groups excluding carboxylic acids is 1. The number of hydrogen-bond donors (Lipinski definition) is 1. The van der Waals surface area contributed by atoms with Crippen molar-refractivity contribution < 1.29 is 22.7 Å². The molecule has 180 valence electrons. The number of nitrogens with one attached hydrogen (secondary N) is 1. The van der Waals surface area contributed by atoms with Crippen molar-refractivity contribution in [1.82, 2.24) is 9.62 Å². The molecule has 0 atom stereocenters. The van der Waals surface area contributed by atoms with Crippen molar-refractivity contribution in [2.24, 2.45) is 0 Å². The van der Waals surface area contributed by atoms with Crippen molar-refractivity contribution in [2.75, 3.05) is 27.8 Å². The Morgan fingerprint density at radius 2 is 1.67 bits per heavy atom. The Kier molecular flexibility index (Phi) is 8.74. The highest BCUT2D eigenvalue weighted by Crippen LogP contribution is 2.33. The van der Waals surface area contributed by atoms with E-state index in [2.05, 4.69) is 4.72 Å². The van der Waals surface area contributed by atoms with E-state index in [4.69, 9.17) is 9.47 Å². The van der Waals surface area contributed by atoms with Gasteiger partial charge in [-0.05, 0) is 54.2 Å². The van der Waals surface area contributed by atoms with Crippen molar-refractivity contribution in [2.45, 2.75) is 55.9 Å². The molecule has 1 amide bonds. The van der Waals surface area contributed by atoms with Crippen LogP contribution in [0, 0.1) is 0 Å². The average Bonchev–Trinajstić information content (AvgIpc) is 2.84. The summed E-state index contributed by atoms with van der Waals surface area (Å²) in [5, 5.41) is 0. The second-order valence-corrected chi connectivity index (χ2v) is 10.3. The highest BCUT2D eigenvalue weighted by Gasteiger charge is 2.19. The van der Waals surface area contributed by atoms with E-state index in [1.165, 1.54) is 37.7 Å². The number of amides is 1. The quantitative estimate of drug-likeness (QED) is 0.561. The molecule has 2 aromatic carbocycles. The average molecular weight is 475 g/mol. The van der Waals surface area contributed by atoms with E-state index in [0.29, 0.717) is 24.0 Å². The second kappa shape index (κ2) is 11.5. The zero-order valence-corrected chi connectivity index (χ0v) is 20.5. The number of sulfonamides is 1. The summed E-state index contributed by atoms with van der Waals surface area (Å²) in [5.74, 6) is 1.59. The van der Waals surface area contributed by atoms with Crippen LogP contribution in [-0.4, -0.2) is 47.0 Å². The molecule has 33 heavy (non-hydrogen) atoms. The number of carbonyl (C=O) groups is 1. The van der Waals surface area contributed by atoms with Gasteiger partial charge in [0.1, 0.15) is 0 Å². The number of hydrogen-bond acceptors (Lipinski definition) is 5. The Labute approximate surface area is 197 Å². The fourth-order valence-electron chi connectivity index (χ4n) is 4.26. The fourth-order valence-corrected chi connectivity index (χ4v) is 5.29. The highest BCUT2D eigenvalue weighted by molar-refractivity contribution is 7.89. The van der Waals surface area contributed by atoms with Crippen LogP contribution in [0.1, 0.15) is 55.6 Å². The van der Waals surface area contributed by atoms with Crippen molar-refractivity contribution in [3.8, 4) is 11.5 Å².